The molecule has 1 rings (SSSR count). The predicted molar refractivity (Wildman–Crippen MR) is 79.0 cm³/mol. The van der Waals surface area contributed by atoms with Crippen molar-refractivity contribution in [2.24, 2.45) is 0 Å². The van der Waals surface area contributed by atoms with Gasteiger partial charge in [0.1, 0.15) is 18.1 Å². The number of hydrogen-bond acceptors (Lipinski definition) is 3. The highest BCUT2D eigenvalue weighted by atomic mass is 79.9. The molecule has 0 spiro atoms. The third-order valence-electron chi connectivity index (χ3n) is 2.75. The van der Waals surface area contributed by atoms with Gasteiger partial charge in [-0.15, -0.1) is 0 Å². The summed E-state index contributed by atoms with van der Waals surface area (Å²) in [7, 11) is 1.66. The molecule has 0 aliphatic carbocycles. The van der Waals surface area contributed by atoms with Crippen LogP contribution in [-0.4, -0.2) is 31.1 Å². The fourth-order valence-corrected chi connectivity index (χ4v) is 2.55. The maximum atomic E-state index is 5.65. The molecule has 0 aromatic heterocycles. The van der Waals surface area contributed by atoms with Crippen molar-refractivity contribution in [3.63, 3.8) is 0 Å². The number of halogens is 1. The molecule has 0 heterocycles. The summed E-state index contributed by atoms with van der Waals surface area (Å²) in [6.07, 6.45) is 1.09. The number of benzene rings is 1. The lowest BCUT2D eigenvalue weighted by molar-refractivity contribution is 0.281. The molecule has 0 atom stereocenters. The molecule has 0 amide bonds. The van der Waals surface area contributed by atoms with Crippen LogP contribution in [0.5, 0.6) is 11.5 Å². The standard InChI is InChI=1S/C14H22BrNO2/c1-14(2,8-9-15)16-10-11-18-13-6-4-12(17-3)5-7-13/h4-7,16H,8-11H2,1-3H3. The molecule has 0 fully saturated rings. The number of methoxy groups -OCH3 is 1. The summed E-state index contributed by atoms with van der Waals surface area (Å²) in [5, 5.41) is 4.48. The zero-order chi connectivity index (χ0) is 13.4. The van der Waals surface area contributed by atoms with Crippen LogP contribution in [0, 0.1) is 0 Å². The maximum absolute atomic E-state index is 5.65. The van der Waals surface area contributed by atoms with Crippen LogP contribution >= 0.6 is 15.9 Å². The van der Waals surface area contributed by atoms with Crippen LogP contribution in [0.4, 0.5) is 0 Å². The highest BCUT2D eigenvalue weighted by molar-refractivity contribution is 9.09. The molecule has 0 unspecified atom stereocenters. The third-order valence-corrected chi connectivity index (χ3v) is 3.15. The van der Waals surface area contributed by atoms with Crippen LogP contribution in [0.1, 0.15) is 20.3 Å². The van der Waals surface area contributed by atoms with Crippen LogP contribution in [-0.2, 0) is 0 Å². The summed E-state index contributed by atoms with van der Waals surface area (Å²) in [6.45, 7) is 5.90. The van der Waals surface area contributed by atoms with Gasteiger partial charge in [0.2, 0.25) is 0 Å². The zero-order valence-corrected chi connectivity index (χ0v) is 12.9. The molecular weight excluding hydrogens is 294 g/mol. The van der Waals surface area contributed by atoms with Gasteiger partial charge in [0.15, 0.2) is 0 Å². The van der Waals surface area contributed by atoms with Crippen molar-refractivity contribution in [3.8, 4) is 11.5 Å². The lowest BCUT2D eigenvalue weighted by Gasteiger charge is -2.25. The topological polar surface area (TPSA) is 30.5 Å². The number of hydrogen-bond donors (Lipinski definition) is 1. The van der Waals surface area contributed by atoms with Crippen molar-refractivity contribution in [1.82, 2.24) is 5.32 Å². The first-order valence-electron chi connectivity index (χ1n) is 6.15. The lowest BCUT2D eigenvalue weighted by atomic mass is 10.0. The Hall–Kier alpha value is -0.740. The minimum Gasteiger partial charge on any atom is -0.497 e. The highest BCUT2D eigenvalue weighted by Crippen LogP contribution is 2.16. The fourth-order valence-electron chi connectivity index (χ4n) is 1.55. The van der Waals surface area contributed by atoms with Gasteiger partial charge in [0.25, 0.3) is 0 Å². The van der Waals surface area contributed by atoms with Crippen molar-refractivity contribution in [1.29, 1.82) is 0 Å². The Morgan fingerprint density at radius 3 is 2.33 bits per heavy atom. The highest BCUT2D eigenvalue weighted by Gasteiger charge is 2.14. The van der Waals surface area contributed by atoms with E-state index >= 15 is 0 Å². The summed E-state index contributed by atoms with van der Waals surface area (Å²) in [5.41, 5.74) is 0.146. The Kier molecular flexibility index (Phi) is 6.50. The number of ether oxygens (including phenoxy) is 2. The SMILES string of the molecule is COc1ccc(OCCNC(C)(C)CCBr)cc1. The first kappa shape index (κ1) is 15.3. The Morgan fingerprint density at radius 2 is 1.78 bits per heavy atom. The maximum Gasteiger partial charge on any atom is 0.119 e. The minimum absolute atomic E-state index is 0.146. The fraction of sp³-hybridized carbons (Fsp3) is 0.571. The largest absolute Gasteiger partial charge is 0.497 e. The van der Waals surface area contributed by atoms with E-state index in [0.717, 1.165) is 29.8 Å². The van der Waals surface area contributed by atoms with Gasteiger partial charge in [0.05, 0.1) is 7.11 Å². The molecule has 3 nitrogen and oxygen atoms in total. The predicted octanol–water partition coefficient (Wildman–Crippen LogP) is 3.23. The summed E-state index contributed by atoms with van der Waals surface area (Å²) in [5.74, 6) is 1.72. The second-order valence-corrected chi connectivity index (χ2v) is 5.57. The third kappa shape index (κ3) is 5.74. The van der Waals surface area contributed by atoms with E-state index in [1.807, 2.05) is 24.3 Å². The molecule has 4 heteroatoms. The first-order valence-corrected chi connectivity index (χ1v) is 7.27. The van der Waals surface area contributed by atoms with E-state index < -0.39 is 0 Å². The number of alkyl halides is 1. The van der Waals surface area contributed by atoms with Crippen LogP contribution in [0.2, 0.25) is 0 Å². The first-order chi connectivity index (χ1) is 8.57. The molecule has 0 aliphatic rings. The summed E-state index contributed by atoms with van der Waals surface area (Å²) < 4.78 is 10.7. The van der Waals surface area contributed by atoms with E-state index in [-0.39, 0.29) is 5.54 Å². The minimum atomic E-state index is 0.146. The second kappa shape index (κ2) is 7.64. The van der Waals surface area contributed by atoms with E-state index in [0.29, 0.717) is 6.61 Å². The molecule has 1 aromatic carbocycles. The molecule has 0 aliphatic heterocycles. The average Bonchev–Trinajstić information content (AvgIpc) is 2.35. The van der Waals surface area contributed by atoms with E-state index in [1.54, 1.807) is 7.11 Å². The van der Waals surface area contributed by atoms with E-state index in [4.69, 9.17) is 9.47 Å². The Bertz CT molecular complexity index is 338. The normalized spacial score (nSPS) is 11.3. The van der Waals surface area contributed by atoms with Crippen molar-refractivity contribution >= 4 is 15.9 Å². The molecule has 102 valence electrons. The van der Waals surface area contributed by atoms with E-state index in [2.05, 4.69) is 35.1 Å². The van der Waals surface area contributed by atoms with Gasteiger partial charge in [-0.05, 0) is 44.5 Å². The lowest BCUT2D eigenvalue weighted by Crippen LogP contribution is -2.41. The smallest absolute Gasteiger partial charge is 0.119 e. The van der Waals surface area contributed by atoms with Crippen LogP contribution in [0.3, 0.4) is 0 Å². The van der Waals surface area contributed by atoms with Gasteiger partial charge in [-0.3, -0.25) is 0 Å². The molecular formula is C14H22BrNO2. The van der Waals surface area contributed by atoms with Gasteiger partial charge in [0, 0.05) is 17.4 Å². The van der Waals surface area contributed by atoms with Gasteiger partial charge < -0.3 is 14.8 Å². The quantitative estimate of drug-likeness (QED) is 0.590. The van der Waals surface area contributed by atoms with Crippen molar-refractivity contribution in [3.05, 3.63) is 24.3 Å². The Balaban J connectivity index is 2.25. The molecule has 0 saturated carbocycles. The summed E-state index contributed by atoms with van der Waals surface area (Å²) >= 11 is 3.46. The van der Waals surface area contributed by atoms with Crippen molar-refractivity contribution < 1.29 is 9.47 Å². The van der Waals surface area contributed by atoms with Gasteiger partial charge in [-0.25, -0.2) is 0 Å². The van der Waals surface area contributed by atoms with E-state index in [9.17, 15) is 0 Å². The van der Waals surface area contributed by atoms with Crippen molar-refractivity contribution in [2.45, 2.75) is 25.8 Å². The Labute approximate surface area is 118 Å². The molecule has 0 radical (unpaired) electrons. The number of rotatable bonds is 8. The average molecular weight is 316 g/mol. The van der Waals surface area contributed by atoms with Gasteiger partial charge in [-0.2, -0.15) is 0 Å². The summed E-state index contributed by atoms with van der Waals surface area (Å²) in [6, 6.07) is 7.64. The second-order valence-electron chi connectivity index (χ2n) is 4.77. The monoisotopic (exact) mass is 315 g/mol. The van der Waals surface area contributed by atoms with Crippen LogP contribution < -0.4 is 14.8 Å². The van der Waals surface area contributed by atoms with Crippen LogP contribution in [0.25, 0.3) is 0 Å². The van der Waals surface area contributed by atoms with Gasteiger partial charge >= 0.3 is 0 Å². The molecule has 18 heavy (non-hydrogen) atoms. The summed E-state index contributed by atoms with van der Waals surface area (Å²) in [4.78, 5) is 0. The Morgan fingerprint density at radius 1 is 1.17 bits per heavy atom. The molecule has 1 aromatic rings. The zero-order valence-electron chi connectivity index (χ0n) is 11.3. The van der Waals surface area contributed by atoms with Crippen LogP contribution in [0.15, 0.2) is 24.3 Å². The molecule has 0 saturated heterocycles. The molecule has 1 N–H and O–H groups in total. The van der Waals surface area contributed by atoms with Gasteiger partial charge in [-0.1, -0.05) is 15.9 Å². The molecule has 0 bridgehead atoms. The number of nitrogens with one attached hydrogen (secondary N) is 1. The van der Waals surface area contributed by atoms with E-state index in [1.165, 1.54) is 0 Å². The van der Waals surface area contributed by atoms with Crippen molar-refractivity contribution in [2.75, 3.05) is 25.6 Å².